The predicted molar refractivity (Wildman–Crippen MR) is 122 cm³/mol. The van der Waals surface area contributed by atoms with Crippen LogP contribution in [0.15, 0.2) is 72.8 Å². The molecule has 1 saturated heterocycles. The summed E-state index contributed by atoms with van der Waals surface area (Å²) in [6, 6.07) is 23.2. The van der Waals surface area contributed by atoms with Crippen molar-refractivity contribution in [2.75, 3.05) is 19.6 Å². The van der Waals surface area contributed by atoms with Gasteiger partial charge in [0.05, 0.1) is 6.10 Å². The van der Waals surface area contributed by atoms with Crippen LogP contribution in [-0.4, -0.2) is 41.5 Å². The molecule has 3 aromatic carbocycles. The quantitative estimate of drug-likeness (QED) is 0.640. The molecule has 5 heteroatoms. The van der Waals surface area contributed by atoms with E-state index in [-0.39, 0.29) is 24.2 Å². The Morgan fingerprint density at radius 3 is 2.35 bits per heavy atom. The van der Waals surface area contributed by atoms with Crippen molar-refractivity contribution in [3.8, 4) is 0 Å². The first-order valence-electron chi connectivity index (χ1n) is 10.9. The van der Waals surface area contributed by atoms with Crippen LogP contribution in [0, 0.1) is 5.92 Å². The monoisotopic (exact) mass is 416 g/mol. The van der Waals surface area contributed by atoms with Gasteiger partial charge in [0, 0.05) is 31.6 Å². The van der Waals surface area contributed by atoms with E-state index < -0.39 is 6.10 Å². The van der Waals surface area contributed by atoms with Crippen LogP contribution in [0.2, 0.25) is 0 Å². The molecule has 5 nitrogen and oxygen atoms in total. The highest BCUT2D eigenvalue weighted by atomic mass is 16.3. The van der Waals surface area contributed by atoms with Crippen LogP contribution in [0.25, 0.3) is 10.8 Å². The number of amides is 2. The Morgan fingerprint density at radius 2 is 1.61 bits per heavy atom. The van der Waals surface area contributed by atoms with Crippen molar-refractivity contribution in [3.05, 3.63) is 83.9 Å². The molecular weight excluding hydrogens is 388 g/mol. The van der Waals surface area contributed by atoms with Gasteiger partial charge in [0.25, 0.3) is 5.91 Å². The van der Waals surface area contributed by atoms with Crippen molar-refractivity contribution in [3.63, 3.8) is 0 Å². The third kappa shape index (κ3) is 5.12. The fourth-order valence-electron chi connectivity index (χ4n) is 4.26. The first kappa shape index (κ1) is 21.1. The number of hydrogen-bond acceptors (Lipinski definition) is 3. The number of aliphatic hydroxyl groups excluding tert-OH is 1. The molecule has 2 amide bonds. The SMILES string of the molecule is O=C(NCCC(=O)N1CCC(C(O)c2ccccc2)CC1)c1ccc2ccccc2c1. The van der Waals surface area contributed by atoms with E-state index in [0.29, 0.717) is 25.2 Å². The highest BCUT2D eigenvalue weighted by molar-refractivity contribution is 5.98. The van der Waals surface area contributed by atoms with Gasteiger partial charge in [0.1, 0.15) is 0 Å². The number of nitrogens with one attached hydrogen (secondary N) is 1. The molecule has 1 atom stereocenters. The maximum Gasteiger partial charge on any atom is 0.251 e. The van der Waals surface area contributed by atoms with E-state index >= 15 is 0 Å². The second-order valence-corrected chi connectivity index (χ2v) is 8.14. The molecular formula is C26H28N2O3. The van der Waals surface area contributed by atoms with Crippen molar-refractivity contribution in [1.29, 1.82) is 0 Å². The van der Waals surface area contributed by atoms with Gasteiger partial charge in [-0.15, -0.1) is 0 Å². The number of piperidine rings is 1. The summed E-state index contributed by atoms with van der Waals surface area (Å²) in [5, 5.41) is 15.6. The minimum Gasteiger partial charge on any atom is -0.388 e. The molecule has 0 bridgehead atoms. The standard InChI is InChI=1S/C26H28N2O3/c29-24(28-16-13-21(14-17-28)25(30)20-7-2-1-3-8-20)12-15-27-26(31)23-11-10-19-6-4-5-9-22(19)18-23/h1-11,18,21,25,30H,12-17H2,(H,27,31). The van der Waals surface area contributed by atoms with Crippen LogP contribution in [-0.2, 0) is 4.79 Å². The number of carbonyl (C=O) groups is 2. The smallest absolute Gasteiger partial charge is 0.251 e. The minimum absolute atomic E-state index is 0.0477. The van der Waals surface area contributed by atoms with Gasteiger partial charge in [0.15, 0.2) is 0 Å². The molecule has 160 valence electrons. The summed E-state index contributed by atoms with van der Waals surface area (Å²) in [5.74, 6) is 0.0498. The lowest BCUT2D eigenvalue weighted by atomic mass is 9.87. The fraction of sp³-hybridized carbons (Fsp3) is 0.308. The van der Waals surface area contributed by atoms with Crippen molar-refractivity contribution in [2.45, 2.75) is 25.4 Å². The number of fused-ring (bicyclic) bond motifs is 1. The predicted octanol–water partition coefficient (Wildman–Crippen LogP) is 3.93. The first-order valence-corrected chi connectivity index (χ1v) is 10.9. The van der Waals surface area contributed by atoms with Gasteiger partial charge in [-0.05, 0) is 47.2 Å². The summed E-state index contributed by atoms with van der Waals surface area (Å²) < 4.78 is 0. The summed E-state index contributed by atoms with van der Waals surface area (Å²) in [4.78, 5) is 26.8. The highest BCUT2D eigenvalue weighted by Gasteiger charge is 2.28. The molecule has 3 aromatic rings. The third-order valence-corrected chi connectivity index (χ3v) is 6.12. The van der Waals surface area contributed by atoms with Crippen molar-refractivity contribution >= 4 is 22.6 Å². The molecule has 1 heterocycles. The van der Waals surface area contributed by atoms with E-state index in [0.717, 1.165) is 29.2 Å². The topological polar surface area (TPSA) is 69.6 Å². The van der Waals surface area contributed by atoms with Gasteiger partial charge in [-0.2, -0.15) is 0 Å². The molecule has 1 aliphatic heterocycles. The zero-order valence-electron chi connectivity index (χ0n) is 17.5. The number of benzene rings is 3. The van der Waals surface area contributed by atoms with Crippen LogP contribution in [0.4, 0.5) is 0 Å². The van der Waals surface area contributed by atoms with E-state index in [1.807, 2.05) is 77.7 Å². The minimum atomic E-state index is -0.486. The molecule has 31 heavy (non-hydrogen) atoms. The molecule has 0 aromatic heterocycles. The Kier molecular flexibility index (Phi) is 6.63. The lowest BCUT2D eigenvalue weighted by Gasteiger charge is -2.34. The lowest BCUT2D eigenvalue weighted by molar-refractivity contribution is -0.133. The maximum atomic E-state index is 12.5. The molecule has 0 saturated carbocycles. The number of nitrogens with zero attached hydrogens (tertiary/aromatic N) is 1. The number of rotatable bonds is 6. The van der Waals surface area contributed by atoms with Gasteiger partial charge in [-0.3, -0.25) is 9.59 Å². The van der Waals surface area contributed by atoms with Crippen molar-refractivity contribution in [2.24, 2.45) is 5.92 Å². The van der Waals surface area contributed by atoms with Crippen molar-refractivity contribution < 1.29 is 14.7 Å². The van der Waals surface area contributed by atoms with Crippen LogP contribution < -0.4 is 5.32 Å². The molecule has 2 N–H and O–H groups in total. The Morgan fingerprint density at radius 1 is 0.935 bits per heavy atom. The Hall–Kier alpha value is -3.18. The van der Waals surface area contributed by atoms with Gasteiger partial charge in [-0.25, -0.2) is 0 Å². The summed E-state index contributed by atoms with van der Waals surface area (Å²) in [6.45, 7) is 1.61. The average molecular weight is 417 g/mol. The molecule has 0 radical (unpaired) electrons. The van der Waals surface area contributed by atoms with E-state index in [1.165, 1.54) is 0 Å². The number of likely N-dealkylation sites (tertiary alicyclic amines) is 1. The average Bonchev–Trinajstić information content (AvgIpc) is 2.83. The number of carbonyl (C=O) groups excluding carboxylic acids is 2. The fourth-order valence-corrected chi connectivity index (χ4v) is 4.26. The molecule has 1 aliphatic rings. The van der Waals surface area contributed by atoms with E-state index in [2.05, 4.69) is 5.32 Å². The molecule has 0 aliphatic carbocycles. The maximum absolute atomic E-state index is 12.5. The molecule has 4 rings (SSSR count). The normalized spacial score (nSPS) is 15.6. The van der Waals surface area contributed by atoms with E-state index in [9.17, 15) is 14.7 Å². The van der Waals surface area contributed by atoms with Gasteiger partial charge in [0.2, 0.25) is 5.91 Å². The van der Waals surface area contributed by atoms with Gasteiger partial charge >= 0.3 is 0 Å². The zero-order valence-corrected chi connectivity index (χ0v) is 17.5. The summed E-state index contributed by atoms with van der Waals surface area (Å²) >= 11 is 0. The van der Waals surface area contributed by atoms with Crippen LogP contribution in [0.3, 0.4) is 0 Å². The molecule has 1 unspecified atom stereocenters. The number of hydrogen-bond donors (Lipinski definition) is 2. The number of aliphatic hydroxyl groups is 1. The second-order valence-electron chi connectivity index (χ2n) is 8.14. The van der Waals surface area contributed by atoms with E-state index in [4.69, 9.17) is 0 Å². The third-order valence-electron chi connectivity index (χ3n) is 6.12. The van der Waals surface area contributed by atoms with E-state index in [1.54, 1.807) is 0 Å². The first-order chi connectivity index (χ1) is 15.1. The molecule has 1 fully saturated rings. The van der Waals surface area contributed by atoms with Gasteiger partial charge < -0.3 is 15.3 Å². The Labute approximate surface area is 182 Å². The Bertz CT molecular complexity index is 1040. The largest absolute Gasteiger partial charge is 0.388 e. The lowest BCUT2D eigenvalue weighted by Crippen LogP contribution is -2.41. The zero-order chi connectivity index (χ0) is 21.6. The summed E-state index contributed by atoms with van der Waals surface area (Å²) in [5.41, 5.74) is 1.53. The van der Waals surface area contributed by atoms with Crippen LogP contribution in [0.1, 0.15) is 41.3 Å². The van der Waals surface area contributed by atoms with Crippen molar-refractivity contribution in [1.82, 2.24) is 10.2 Å². The second kappa shape index (κ2) is 9.75. The Balaban J connectivity index is 1.22. The molecule has 0 spiro atoms. The van der Waals surface area contributed by atoms with Crippen LogP contribution in [0.5, 0.6) is 0 Å². The summed E-state index contributed by atoms with van der Waals surface area (Å²) in [6.07, 6.45) is 1.36. The van der Waals surface area contributed by atoms with Crippen LogP contribution >= 0.6 is 0 Å². The highest BCUT2D eigenvalue weighted by Crippen LogP contribution is 2.30. The summed E-state index contributed by atoms with van der Waals surface area (Å²) in [7, 11) is 0. The van der Waals surface area contributed by atoms with Gasteiger partial charge in [-0.1, -0.05) is 60.7 Å².